The van der Waals surface area contributed by atoms with Gasteiger partial charge in [-0.05, 0) is 48.8 Å². The second-order valence-corrected chi connectivity index (χ2v) is 5.62. The van der Waals surface area contributed by atoms with Crippen LogP contribution in [0.25, 0.3) is 0 Å². The van der Waals surface area contributed by atoms with Gasteiger partial charge in [0.15, 0.2) is 0 Å². The predicted molar refractivity (Wildman–Crippen MR) is 80.3 cm³/mol. The molecule has 0 spiro atoms. The van der Waals surface area contributed by atoms with E-state index < -0.39 is 0 Å². The Morgan fingerprint density at radius 1 is 1.22 bits per heavy atom. The lowest BCUT2D eigenvalue weighted by molar-refractivity contribution is 0.432. The van der Waals surface area contributed by atoms with Crippen LogP contribution < -0.4 is 5.32 Å². The Labute approximate surface area is 112 Å². The van der Waals surface area contributed by atoms with Crippen molar-refractivity contribution >= 4 is 5.69 Å². The summed E-state index contributed by atoms with van der Waals surface area (Å²) in [6.07, 6.45) is 9.16. The zero-order chi connectivity index (χ0) is 12.8. The van der Waals surface area contributed by atoms with Gasteiger partial charge in [-0.3, -0.25) is 0 Å². The largest absolute Gasteiger partial charge is 0.385 e. The second-order valence-electron chi connectivity index (χ2n) is 5.62. The average molecular weight is 245 g/mol. The molecule has 2 rings (SSSR count). The van der Waals surface area contributed by atoms with Gasteiger partial charge in [0, 0.05) is 12.2 Å². The molecule has 1 aromatic rings. The maximum atomic E-state index is 3.53. The fraction of sp³-hybridized carbons (Fsp3) is 0.647. The van der Waals surface area contributed by atoms with Crippen LogP contribution in [0.2, 0.25) is 0 Å². The topological polar surface area (TPSA) is 12.0 Å². The summed E-state index contributed by atoms with van der Waals surface area (Å²) in [7, 11) is 0. The second kappa shape index (κ2) is 6.82. The molecule has 0 fully saturated rings. The number of anilines is 1. The van der Waals surface area contributed by atoms with Gasteiger partial charge in [0.25, 0.3) is 0 Å². The van der Waals surface area contributed by atoms with Crippen LogP contribution in [0.15, 0.2) is 18.2 Å². The standard InChI is InChI=1S/C17H27N/c1-3-6-14(4-2)8-9-15-10-11-16-7-5-12-18-17(16)13-15/h10-11,13-14,18H,3-9,12H2,1-2H3. The number of aryl methyl sites for hydroxylation is 2. The van der Waals surface area contributed by atoms with E-state index in [0.29, 0.717) is 0 Å². The van der Waals surface area contributed by atoms with Crippen LogP contribution in [0, 0.1) is 5.92 Å². The van der Waals surface area contributed by atoms with Crippen LogP contribution in [0.4, 0.5) is 5.69 Å². The highest BCUT2D eigenvalue weighted by molar-refractivity contribution is 5.54. The van der Waals surface area contributed by atoms with Crippen LogP contribution in [-0.2, 0) is 12.8 Å². The highest BCUT2D eigenvalue weighted by Gasteiger charge is 2.10. The molecule has 0 bridgehead atoms. The maximum absolute atomic E-state index is 3.53. The van der Waals surface area contributed by atoms with Crippen LogP contribution >= 0.6 is 0 Å². The minimum atomic E-state index is 0.916. The smallest absolute Gasteiger partial charge is 0.0375 e. The van der Waals surface area contributed by atoms with Crippen molar-refractivity contribution in [1.29, 1.82) is 0 Å². The molecule has 0 saturated carbocycles. The number of fused-ring (bicyclic) bond motifs is 1. The van der Waals surface area contributed by atoms with E-state index in [2.05, 4.69) is 37.4 Å². The summed E-state index contributed by atoms with van der Waals surface area (Å²) in [4.78, 5) is 0. The Morgan fingerprint density at radius 3 is 2.89 bits per heavy atom. The van der Waals surface area contributed by atoms with E-state index in [1.807, 2.05) is 0 Å². The number of benzene rings is 1. The van der Waals surface area contributed by atoms with Crippen molar-refractivity contribution < 1.29 is 0 Å². The molecule has 0 aliphatic carbocycles. The minimum Gasteiger partial charge on any atom is -0.385 e. The van der Waals surface area contributed by atoms with E-state index in [9.17, 15) is 0 Å². The van der Waals surface area contributed by atoms with E-state index in [1.165, 1.54) is 61.8 Å². The fourth-order valence-electron chi connectivity index (χ4n) is 3.00. The van der Waals surface area contributed by atoms with E-state index >= 15 is 0 Å². The Bertz CT molecular complexity index is 370. The van der Waals surface area contributed by atoms with Gasteiger partial charge in [0.2, 0.25) is 0 Å². The summed E-state index contributed by atoms with van der Waals surface area (Å²) in [5.41, 5.74) is 4.41. The Kier molecular flexibility index (Phi) is 5.10. The number of hydrogen-bond donors (Lipinski definition) is 1. The van der Waals surface area contributed by atoms with Gasteiger partial charge in [-0.15, -0.1) is 0 Å². The van der Waals surface area contributed by atoms with Crippen molar-refractivity contribution in [3.63, 3.8) is 0 Å². The molecule has 1 heterocycles. The molecule has 1 unspecified atom stereocenters. The van der Waals surface area contributed by atoms with E-state index in [0.717, 1.165) is 12.5 Å². The summed E-state index contributed by atoms with van der Waals surface area (Å²) >= 11 is 0. The molecule has 1 atom stereocenters. The summed E-state index contributed by atoms with van der Waals surface area (Å²) in [5, 5.41) is 3.53. The highest BCUT2D eigenvalue weighted by atomic mass is 14.9. The molecular weight excluding hydrogens is 218 g/mol. The van der Waals surface area contributed by atoms with Gasteiger partial charge >= 0.3 is 0 Å². The molecule has 0 amide bonds. The molecule has 1 heteroatoms. The first kappa shape index (κ1) is 13.5. The van der Waals surface area contributed by atoms with Gasteiger partial charge < -0.3 is 5.32 Å². The summed E-state index contributed by atoms with van der Waals surface area (Å²) in [5.74, 6) is 0.916. The van der Waals surface area contributed by atoms with Crippen molar-refractivity contribution in [2.75, 3.05) is 11.9 Å². The van der Waals surface area contributed by atoms with Crippen molar-refractivity contribution in [3.05, 3.63) is 29.3 Å². The van der Waals surface area contributed by atoms with E-state index in [1.54, 1.807) is 0 Å². The maximum Gasteiger partial charge on any atom is 0.0375 e. The quantitative estimate of drug-likeness (QED) is 0.759. The number of rotatable bonds is 6. The monoisotopic (exact) mass is 245 g/mol. The van der Waals surface area contributed by atoms with Gasteiger partial charge in [0.1, 0.15) is 0 Å². The molecule has 1 nitrogen and oxygen atoms in total. The third-order valence-electron chi connectivity index (χ3n) is 4.23. The summed E-state index contributed by atoms with van der Waals surface area (Å²) in [6, 6.07) is 7.05. The molecule has 1 N–H and O–H groups in total. The van der Waals surface area contributed by atoms with Crippen LogP contribution in [0.3, 0.4) is 0 Å². The minimum absolute atomic E-state index is 0.916. The van der Waals surface area contributed by atoms with Crippen molar-refractivity contribution in [1.82, 2.24) is 0 Å². The lowest BCUT2D eigenvalue weighted by Crippen LogP contribution is -2.12. The highest BCUT2D eigenvalue weighted by Crippen LogP contribution is 2.25. The van der Waals surface area contributed by atoms with Crippen LogP contribution in [0.1, 0.15) is 57.1 Å². The van der Waals surface area contributed by atoms with Gasteiger partial charge in [-0.1, -0.05) is 45.2 Å². The summed E-state index contributed by atoms with van der Waals surface area (Å²) < 4.78 is 0. The first-order valence-corrected chi connectivity index (χ1v) is 7.69. The SMILES string of the molecule is CCCC(CC)CCc1ccc2c(c1)NCCC2. The normalized spacial score (nSPS) is 15.9. The first-order valence-electron chi connectivity index (χ1n) is 7.69. The summed E-state index contributed by atoms with van der Waals surface area (Å²) in [6.45, 7) is 5.77. The Morgan fingerprint density at radius 2 is 2.11 bits per heavy atom. The van der Waals surface area contributed by atoms with Gasteiger partial charge in [-0.2, -0.15) is 0 Å². The molecule has 100 valence electrons. The van der Waals surface area contributed by atoms with Crippen molar-refractivity contribution in [3.8, 4) is 0 Å². The van der Waals surface area contributed by atoms with Crippen LogP contribution in [0.5, 0.6) is 0 Å². The van der Waals surface area contributed by atoms with E-state index in [4.69, 9.17) is 0 Å². The molecule has 0 saturated heterocycles. The molecule has 1 aromatic carbocycles. The molecule has 1 aliphatic heterocycles. The lowest BCUT2D eigenvalue weighted by Gasteiger charge is -2.19. The first-order chi connectivity index (χ1) is 8.83. The number of nitrogens with one attached hydrogen (secondary N) is 1. The number of hydrogen-bond acceptors (Lipinski definition) is 1. The molecule has 0 aromatic heterocycles. The zero-order valence-electron chi connectivity index (χ0n) is 12.0. The third-order valence-corrected chi connectivity index (χ3v) is 4.23. The molecular formula is C17H27N. The van der Waals surface area contributed by atoms with Crippen LogP contribution in [-0.4, -0.2) is 6.54 Å². The average Bonchev–Trinajstić information content (AvgIpc) is 2.43. The Hall–Kier alpha value is -0.980. The van der Waals surface area contributed by atoms with E-state index in [-0.39, 0.29) is 0 Å². The van der Waals surface area contributed by atoms with Gasteiger partial charge in [-0.25, -0.2) is 0 Å². The zero-order valence-corrected chi connectivity index (χ0v) is 12.0. The molecule has 18 heavy (non-hydrogen) atoms. The van der Waals surface area contributed by atoms with Crippen molar-refractivity contribution in [2.45, 2.75) is 58.8 Å². The third kappa shape index (κ3) is 3.51. The lowest BCUT2D eigenvalue weighted by atomic mass is 9.92. The Balaban J connectivity index is 1.93. The van der Waals surface area contributed by atoms with Gasteiger partial charge in [0.05, 0.1) is 0 Å². The fourth-order valence-corrected chi connectivity index (χ4v) is 3.00. The molecule has 0 radical (unpaired) electrons. The molecule has 1 aliphatic rings. The van der Waals surface area contributed by atoms with Crippen molar-refractivity contribution in [2.24, 2.45) is 5.92 Å². The predicted octanol–water partition coefficient (Wildman–Crippen LogP) is 4.80.